The zero-order valence-electron chi connectivity index (χ0n) is 7.08. The van der Waals surface area contributed by atoms with Gasteiger partial charge in [0.2, 0.25) is 0 Å². The van der Waals surface area contributed by atoms with Crippen molar-refractivity contribution >= 4 is 0 Å². The first-order valence-corrected chi connectivity index (χ1v) is 3.84. The number of furan rings is 1. The van der Waals surface area contributed by atoms with Gasteiger partial charge in [0, 0.05) is 12.6 Å². The van der Waals surface area contributed by atoms with Gasteiger partial charge in [-0.15, -0.1) is 5.10 Å². The lowest BCUT2D eigenvalue weighted by Crippen LogP contribution is -2.05. The highest BCUT2D eigenvalue weighted by Crippen LogP contribution is 2.20. The van der Waals surface area contributed by atoms with E-state index in [0.29, 0.717) is 11.3 Å². The van der Waals surface area contributed by atoms with E-state index in [1.54, 1.807) is 13.1 Å². The number of rotatable bonds is 2. The molecule has 0 aliphatic rings. The molecule has 0 aliphatic carbocycles. The van der Waals surface area contributed by atoms with Crippen molar-refractivity contribution in [3.63, 3.8) is 0 Å². The molecular formula is C8H9N3O2. The Morgan fingerprint density at radius 3 is 3.00 bits per heavy atom. The molecule has 0 spiro atoms. The quantitative estimate of drug-likeness (QED) is 0.728. The van der Waals surface area contributed by atoms with Gasteiger partial charge < -0.3 is 9.52 Å². The zero-order valence-corrected chi connectivity index (χ0v) is 7.08. The fraction of sp³-hybridized carbons (Fsp3) is 0.250. The minimum Gasteiger partial charge on any atom is -0.472 e. The van der Waals surface area contributed by atoms with Crippen LogP contribution >= 0.6 is 0 Å². The Balaban J connectivity index is 2.33. The summed E-state index contributed by atoms with van der Waals surface area (Å²) in [6.07, 6.45) is 3.82. The summed E-state index contributed by atoms with van der Waals surface area (Å²) in [5.74, 6) is 0. The van der Waals surface area contributed by atoms with Crippen LogP contribution in [-0.2, 0) is 7.05 Å². The van der Waals surface area contributed by atoms with Crippen molar-refractivity contribution in [1.29, 1.82) is 0 Å². The molecule has 68 valence electrons. The molecule has 0 saturated carbocycles. The molecule has 2 aromatic heterocycles. The summed E-state index contributed by atoms with van der Waals surface area (Å²) in [4.78, 5) is 0. The van der Waals surface area contributed by atoms with Gasteiger partial charge in [-0.25, -0.2) is 4.68 Å². The van der Waals surface area contributed by atoms with Crippen LogP contribution in [0.1, 0.15) is 17.4 Å². The maximum absolute atomic E-state index is 9.79. The van der Waals surface area contributed by atoms with Gasteiger partial charge in [-0.2, -0.15) is 0 Å². The van der Waals surface area contributed by atoms with Crippen molar-refractivity contribution in [3.05, 3.63) is 36.0 Å². The standard InChI is InChI=1S/C8H9N3O2/c1-11-7(4-9-10-11)8(12)6-2-3-13-5-6/h2-5,8,12H,1H3. The van der Waals surface area contributed by atoms with E-state index in [-0.39, 0.29) is 0 Å². The molecule has 13 heavy (non-hydrogen) atoms. The average molecular weight is 179 g/mol. The number of aromatic nitrogens is 3. The SMILES string of the molecule is Cn1nncc1C(O)c1ccoc1. The van der Waals surface area contributed by atoms with Crippen LogP contribution in [0, 0.1) is 0 Å². The van der Waals surface area contributed by atoms with E-state index in [2.05, 4.69) is 10.3 Å². The van der Waals surface area contributed by atoms with Gasteiger partial charge in [0.15, 0.2) is 0 Å². The summed E-state index contributed by atoms with van der Waals surface area (Å²) < 4.78 is 6.39. The van der Waals surface area contributed by atoms with Crippen LogP contribution in [-0.4, -0.2) is 20.1 Å². The summed E-state index contributed by atoms with van der Waals surface area (Å²) in [6.45, 7) is 0. The Labute approximate surface area is 74.6 Å². The lowest BCUT2D eigenvalue weighted by molar-refractivity contribution is 0.209. The summed E-state index contributed by atoms with van der Waals surface area (Å²) in [7, 11) is 1.73. The molecule has 0 saturated heterocycles. The van der Waals surface area contributed by atoms with E-state index >= 15 is 0 Å². The molecule has 0 bridgehead atoms. The third kappa shape index (κ3) is 1.33. The topological polar surface area (TPSA) is 64.1 Å². The Kier molecular flexibility index (Phi) is 1.86. The highest BCUT2D eigenvalue weighted by atomic mass is 16.3. The van der Waals surface area contributed by atoms with Gasteiger partial charge in [0.05, 0.1) is 24.4 Å². The van der Waals surface area contributed by atoms with E-state index < -0.39 is 6.10 Å². The Hall–Kier alpha value is -1.62. The largest absolute Gasteiger partial charge is 0.472 e. The normalized spacial score (nSPS) is 13.1. The van der Waals surface area contributed by atoms with Gasteiger partial charge >= 0.3 is 0 Å². The predicted octanol–water partition coefficient (Wildman–Crippen LogP) is 0.490. The molecule has 1 unspecified atom stereocenters. The monoisotopic (exact) mass is 179 g/mol. The number of aliphatic hydroxyl groups excluding tert-OH is 1. The molecule has 0 aliphatic heterocycles. The average Bonchev–Trinajstić information content (AvgIpc) is 2.72. The molecule has 0 amide bonds. The first-order chi connectivity index (χ1) is 6.29. The van der Waals surface area contributed by atoms with Crippen molar-refractivity contribution < 1.29 is 9.52 Å². The van der Waals surface area contributed by atoms with Crippen molar-refractivity contribution in [2.45, 2.75) is 6.10 Å². The van der Waals surface area contributed by atoms with Gasteiger partial charge in [-0.05, 0) is 6.07 Å². The molecular weight excluding hydrogens is 170 g/mol. The Morgan fingerprint density at radius 1 is 1.62 bits per heavy atom. The van der Waals surface area contributed by atoms with Gasteiger partial charge in [-0.1, -0.05) is 5.21 Å². The molecule has 1 atom stereocenters. The fourth-order valence-electron chi connectivity index (χ4n) is 1.15. The highest BCUT2D eigenvalue weighted by Gasteiger charge is 2.15. The van der Waals surface area contributed by atoms with Crippen LogP contribution < -0.4 is 0 Å². The highest BCUT2D eigenvalue weighted by molar-refractivity contribution is 5.19. The van der Waals surface area contributed by atoms with Crippen LogP contribution in [0.3, 0.4) is 0 Å². The molecule has 0 aromatic carbocycles. The van der Waals surface area contributed by atoms with Crippen molar-refractivity contribution in [2.24, 2.45) is 7.05 Å². The maximum atomic E-state index is 9.79. The van der Waals surface area contributed by atoms with Crippen LogP contribution in [0.15, 0.2) is 29.2 Å². The van der Waals surface area contributed by atoms with E-state index in [4.69, 9.17) is 4.42 Å². The van der Waals surface area contributed by atoms with Crippen molar-refractivity contribution in [3.8, 4) is 0 Å². The second kappa shape index (κ2) is 3.02. The molecule has 2 aromatic rings. The molecule has 0 radical (unpaired) electrons. The second-order valence-corrected chi connectivity index (χ2v) is 2.74. The Morgan fingerprint density at radius 2 is 2.46 bits per heavy atom. The summed E-state index contributed by atoms with van der Waals surface area (Å²) in [5, 5.41) is 17.2. The third-order valence-electron chi connectivity index (χ3n) is 1.89. The Bertz CT molecular complexity index is 380. The summed E-state index contributed by atoms with van der Waals surface area (Å²) in [6, 6.07) is 1.71. The van der Waals surface area contributed by atoms with Crippen molar-refractivity contribution in [2.75, 3.05) is 0 Å². The number of aliphatic hydroxyl groups is 1. The fourth-order valence-corrected chi connectivity index (χ4v) is 1.15. The van der Waals surface area contributed by atoms with Crippen LogP contribution in [0.25, 0.3) is 0 Å². The lowest BCUT2D eigenvalue weighted by Gasteiger charge is -2.06. The second-order valence-electron chi connectivity index (χ2n) is 2.74. The molecule has 5 nitrogen and oxygen atoms in total. The molecule has 1 N–H and O–H groups in total. The van der Waals surface area contributed by atoms with Gasteiger partial charge in [-0.3, -0.25) is 0 Å². The zero-order chi connectivity index (χ0) is 9.26. The van der Waals surface area contributed by atoms with Gasteiger partial charge in [0.1, 0.15) is 6.10 Å². The van der Waals surface area contributed by atoms with Crippen molar-refractivity contribution in [1.82, 2.24) is 15.0 Å². The number of hydrogen-bond acceptors (Lipinski definition) is 4. The maximum Gasteiger partial charge on any atom is 0.125 e. The number of nitrogens with zero attached hydrogens (tertiary/aromatic N) is 3. The first-order valence-electron chi connectivity index (χ1n) is 3.84. The smallest absolute Gasteiger partial charge is 0.125 e. The van der Waals surface area contributed by atoms with Crippen LogP contribution in [0.4, 0.5) is 0 Å². The van der Waals surface area contributed by atoms with Crippen LogP contribution in [0.5, 0.6) is 0 Å². The summed E-state index contributed by atoms with van der Waals surface area (Å²) in [5.41, 5.74) is 1.34. The molecule has 5 heteroatoms. The lowest BCUT2D eigenvalue weighted by atomic mass is 10.1. The van der Waals surface area contributed by atoms with E-state index in [1.807, 2.05) is 0 Å². The predicted molar refractivity (Wildman–Crippen MR) is 43.8 cm³/mol. The van der Waals surface area contributed by atoms with Gasteiger partial charge in [0.25, 0.3) is 0 Å². The number of aryl methyl sites for hydroxylation is 1. The molecule has 2 rings (SSSR count). The minimum absolute atomic E-state index is 0.640. The van der Waals surface area contributed by atoms with Crippen LogP contribution in [0.2, 0.25) is 0 Å². The molecule has 0 fully saturated rings. The molecule has 2 heterocycles. The first kappa shape index (κ1) is 8.00. The number of hydrogen-bond donors (Lipinski definition) is 1. The van der Waals surface area contributed by atoms with E-state index in [0.717, 1.165) is 0 Å². The van der Waals surface area contributed by atoms with E-state index in [9.17, 15) is 5.11 Å². The summed E-state index contributed by atoms with van der Waals surface area (Å²) >= 11 is 0. The minimum atomic E-state index is -0.723. The van der Waals surface area contributed by atoms with E-state index in [1.165, 1.54) is 23.4 Å². The third-order valence-corrected chi connectivity index (χ3v) is 1.89.